The maximum Gasteiger partial charge on any atom is 0.416 e. The van der Waals surface area contributed by atoms with Gasteiger partial charge >= 0.3 is 6.18 Å². The van der Waals surface area contributed by atoms with Crippen molar-refractivity contribution in [3.05, 3.63) is 59.2 Å². The number of nitrogens with zero attached hydrogens (tertiary/aromatic N) is 2. The molecular formula is C26H29F3N2O2. The Morgan fingerprint density at radius 2 is 1.64 bits per heavy atom. The first-order valence-electron chi connectivity index (χ1n) is 11.8. The zero-order chi connectivity index (χ0) is 23.2. The molecule has 2 aliphatic heterocycles. The third kappa shape index (κ3) is 4.28. The van der Waals surface area contributed by atoms with Gasteiger partial charge < -0.3 is 14.9 Å². The molecule has 5 rings (SSSR count). The number of halogens is 3. The van der Waals surface area contributed by atoms with Crippen LogP contribution in [-0.4, -0.2) is 53.6 Å². The normalized spacial score (nSPS) is 23.6. The van der Waals surface area contributed by atoms with Crippen LogP contribution in [0.25, 0.3) is 11.1 Å². The molecule has 33 heavy (non-hydrogen) atoms. The molecule has 1 aliphatic carbocycles. The lowest BCUT2D eigenvalue weighted by molar-refractivity contribution is -0.141. The summed E-state index contributed by atoms with van der Waals surface area (Å²) in [6.45, 7) is 3.25. The van der Waals surface area contributed by atoms with Crippen molar-refractivity contribution in [3.63, 3.8) is 0 Å². The number of hydrogen-bond donors (Lipinski definition) is 1. The maximum atomic E-state index is 13.5. The molecule has 176 valence electrons. The third-order valence-electron chi connectivity index (χ3n) is 7.67. The Morgan fingerprint density at radius 3 is 2.30 bits per heavy atom. The lowest BCUT2D eigenvalue weighted by atomic mass is 9.91. The van der Waals surface area contributed by atoms with E-state index in [1.54, 1.807) is 0 Å². The Hall–Kier alpha value is -2.38. The monoisotopic (exact) mass is 458 g/mol. The van der Waals surface area contributed by atoms with Gasteiger partial charge in [0.1, 0.15) is 0 Å². The van der Waals surface area contributed by atoms with Crippen LogP contribution in [0.5, 0.6) is 0 Å². The number of carbonyl (C=O) groups is 1. The first-order chi connectivity index (χ1) is 15.8. The fourth-order valence-corrected chi connectivity index (χ4v) is 5.85. The van der Waals surface area contributed by atoms with Gasteiger partial charge in [-0.2, -0.15) is 13.2 Å². The average molecular weight is 459 g/mol. The summed E-state index contributed by atoms with van der Waals surface area (Å²) in [5.74, 6) is 0.704. The average Bonchev–Trinajstić information content (AvgIpc) is 3.10. The second-order valence-corrected chi connectivity index (χ2v) is 9.53. The van der Waals surface area contributed by atoms with Gasteiger partial charge in [0.05, 0.1) is 18.2 Å². The lowest BCUT2D eigenvalue weighted by Gasteiger charge is -2.38. The Bertz CT molecular complexity index is 1010. The van der Waals surface area contributed by atoms with Crippen molar-refractivity contribution in [1.82, 2.24) is 9.80 Å². The number of benzene rings is 2. The minimum Gasteiger partial charge on any atom is -0.395 e. The van der Waals surface area contributed by atoms with E-state index in [9.17, 15) is 18.0 Å². The maximum absolute atomic E-state index is 13.5. The van der Waals surface area contributed by atoms with Crippen LogP contribution in [0.15, 0.2) is 42.5 Å². The number of rotatable bonds is 4. The van der Waals surface area contributed by atoms with E-state index >= 15 is 0 Å². The topological polar surface area (TPSA) is 43.8 Å². The predicted octanol–water partition coefficient (Wildman–Crippen LogP) is 4.84. The van der Waals surface area contributed by atoms with Crippen molar-refractivity contribution < 1.29 is 23.1 Å². The summed E-state index contributed by atoms with van der Waals surface area (Å²) >= 11 is 0. The highest BCUT2D eigenvalue weighted by molar-refractivity contribution is 5.80. The van der Waals surface area contributed by atoms with Crippen LogP contribution < -0.4 is 0 Å². The number of piperidine rings is 2. The first-order valence-corrected chi connectivity index (χ1v) is 11.8. The van der Waals surface area contributed by atoms with Crippen LogP contribution in [-0.2, 0) is 11.0 Å². The number of aliphatic hydroxyl groups is 1. The van der Waals surface area contributed by atoms with Gasteiger partial charge in [-0.1, -0.05) is 24.3 Å². The fraction of sp³-hybridized carbons (Fsp3) is 0.500. The van der Waals surface area contributed by atoms with Gasteiger partial charge in [-0.05, 0) is 85.1 Å². The molecule has 1 amide bonds. The third-order valence-corrected chi connectivity index (χ3v) is 7.67. The quantitative estimate of drug-likeness (QED) is 0.713. The second-order valence-electron chi connectivity index (χ2n) is 9.53. The summed E-state index contributed by atoms with van der Waals surface area (Å²) in [6.07, 6.45) is -0.810. The highest BCUT2D eigenvalue weighted by atomic mass is 19.4. The number of amides is 1. The van der Waals surface area contributed by atoms with E-state index in [-0.39, 0.29) is 24.5 Å². The van der Waals surface area contributed by atoms with Crippen molar-refractivity contribution >= 4 is 5.91 Å². The summed E-state index contributed by atoms with van der Waals surface area (Å²) in [6, 6.07) is 11.5. The van der Waals surface area contributed by atoms with Crippen LogP contribution in [0.1, 0.15) is 54.3 Å². The van der Waals surface area contributed by atoms with Gasteiger partial charge in [-0.15, -0.1) is 0 Å². The highest BCUT2D eigenvalue weighted by Crippen LogP contribution is 2.50. The van der Waals surface area contributed by atoms with E-state index in [0.29, 0.717) is 12.5 Å². The molecule has 2 bridgehead atoms. The molecule has 2 unspecified atom stereocenters. The minimum atomic E-state index is -4.34. The number of β-amino-alcohol motifs (C(OH)–C–C–N with tert-alkyl or cyclic N) is 1. The molecule has 2 aromatic rings. The molecule has 0 saturated carbocycles. The zero-order valence-electron chi connectivity index (χ0n) is 18.5. The van der Waals surface area contributed by atoms with Gasteiger partial charge in [0, 0.05) is 19.0 Å². The lowest BCUT2D eigenvalue weighted by Crippen LogP contribution is -2.45. The number of hydrogen-bond acceptors (Lipinski definition) is 3. The van der Waals surface area contributed by atoms with Crippen LogP contribution in [0.3, 0.4) is 0 Å². The van der Waals surface area contributed by atoms with Crippen molar-refractivity contribution in [1.29, 1.82) is 0 Å². The fourth-order valence-electron chi connectivity index (χ4n) is 5.85. The molecule has 2 fully saturated rings. The molecular weight excluding hydrogens is 429 g/mol. The number of alkyl halides is 3. The molecule has 1 N–H and O–H groups in total. The second kappa shape index (κ2) is 8.76. The molecule has 2 saturated heterocycles. The van der Waals surface area contributed by atoms with Crippen LogP contribution in [0.4, 0.5) is 13.2 Å². The van der Waals surface area contributed by atoms with E-state index in [1.165, 1.54) is 17.7 Å². The Balaban J connectivity index is 1.36. The first kappa shape index (κ1) is 22.4. The summed E-state index contributed by atoms with van der Waals surface area (Å²) in [7, 11) is 0. The number of likely N-dealkylation sites (tertiary alicyclic amines) is 2. The molecule has 2 heterocycles. The predicted molar refractivity (Wildman–Crippen MR) is 120 cm³/mol. The van der Waals surface area contributed by atoms with Crippen LogP contribution in [0.2, 0.25) is 0 Å². The van der Waals surface area contributed by atoms with Crippen molar-refractivity contribution in [2.45, 2.75) is 43.8 Å². The van der Waals surface area contributed by atoms with E-state index in [0.717, 1.165) is 74.1 Å². The Kier molecular flexibility index (Phi) is 5.95. The van der Waals surface area contributed by atoms with Gasteiger partial charge in [-0.25, -0.2) is 0 Å². The van der Waals surface area contributed by atoms with E-state index in [1.807, 2.05) is 6.07 Å². The van der Waals surface area contributed by atoms with Crippen molar-refractivity contribution in [2.75, 3.05) is 32.8 Å². The van der Waals surface area contributed by atoms with Crippen molar-refractivity contribution in [2.24, 2.45) is 5.92 Å². The SMILES string of the molecule is O=C(C1CCN(CCO)CC1)N1CCC2CC1c1cc(-c3ccc(C(F)(F)F)cc3)ccc12. The largest absolute Gasteiger partial charge is 0.416 e. The van der Waals surface area contributed by atoms with E-state index < -0.39 is 11.7 Å². The highest BCUT2D eigenvalue weighted by Gasteiger charge is 2.42. The molecule has 0 spiro atoms. The molecule has 2 atom stereocenters. The molecule has 2 aromatic carbocycles. The Morgan fingerprint density at radius 1 is 0.939 bits per heavy atom. The Labute approximate surface area is 192 Å². The standard InChI is InChI=1S/C26H29F3N2O2/c27-26(28,29)21-4-1-17(2-5-21)19-3-6-22-20-9-12-31(24(16-20)23(22)15-19)25(33)18-7-10-30(11-8-18)13-14-32/h1-6,15,18,20,24,32H,7-14,16H2. The number of aliphatic hydroxyl groups excluding tert-OH is 1. The summed E-state index contributed by atoms with van der Waals surface area (Å²) in [4.78, 5) is 17.7. The van der Waals surface area contributed by atoms with Gasteiger partial charge in [0.15, 0.2) is 0 Å². The van der Waals surface area contributed by atoms with Crippen LogP contribution in [0, 0.1) is 5.92 Å². The van der Waals surface area contributed by atoms with Gasteiger partial charge in [0.2, 0.25) is 5.91 Å². The molecule has 4 nitrogen and oxygen atoms in total. The summed E-state index contributed by atoms with van der Waals surface area (Å²) in [5.41, 5.74) is 3.43. The summed E-state index contributed by atoms with van der Waals surface area (Å²) in [5, 5.41) is 9.15. The number of fused-ring (bicyclic) bond motifs is 5. The smallest absolute Gasteiger partial charge is 0.395 e. The van der Waals surface area contributed by atoms with Gasteiger partial charge in [0.25, 0.3) is 0 Å². The van der Waals surface area contributed by atoms with E-state index in [4.69, 9.17) is 5.11 Å². The minimum absolute atomic E-state index is 0.0265. The molecule has 0 aromatic heterocycles. The molecule has 3 aliphatic rings. The van der Waals surface area contributed by atoms with Crippen LogP contribution >= 0.6 is 0 Å². The van der Waals surface area contributed by atoms with Gasteiger partial charge in [-0.3, -0.25) is 4.79 Å². The number of carbonyl (C=O) groups excluding carboxylic acids is 1. The van der Waals surface area contributed by atoms with Crippen molar-refractivity contribution in [3.8, 4) is 11.1 Å². The molecule has 0 radical (unpaired) electrons. The van der Waals surface area contributed by atoms with E-state index in [2.05, 4.69) is 21.9 Å². The summed E-state index contributed by atoms with van der Waals surface area (Å²) < 4.78 is 38.8. The zero-order valence-corrected chi connectivity index (χ0v) is 18.5. The molecule has 7 heteroatoms.